The zero-order valence-electron chi connectivity index (χ0n) is 25.0. The van der Waals surface area contributed by atoms with E-state index in [1.165, 1.54) is 0 Å². The molecule has 0 unspecified atom stereocenters. The van der Waals surface area contributed by atoms with Gasteiger partial charge in [0.05, 0.1) is 25.1 Å². The van der Waals surface area contributed by atoms with E-state index in [-0.39, 0.29) is 5.91 Å². The maximum absolute atomic E-state index is 12.7. The molecule has 1 amide bonds. The van der Waals surface area contributed by atoms with Gasteiger partial charge in [0.1, 0.15) is 5.75 Å². The number of likely N-dealkylation sites (N-methyl/N-ethyl adjacent to an activating group) is 1. The first-order valence-electron chi connectivity index (χ1n) is 14.9. The Morgan fingerprint density at radius 3 is 2.57 bits per heavy atom. The summed E-state index contributed by atoms with van der Waals surface area (Å²) in [5.74, 6) is 1.11. The highest BCUT2D eigenvalue weighted by atomic mass is 35.5. The molecule has 9 nitrogen and oxygen atoms in total. The number of carbonyl (C=O) groups excluding carboxylic acids is 1. The van der Waals surface area contributed by atoms with Crippen LogP contribution in [0, 0.1) is 0 Å². The molecule has 1 saturated heterocycles. The number of nitrogens with one attached hydrogen (secondary N) is 2. The summed E-state index contributed by atoms with van der Waals surface area (Å²) < 4.78 is 5.64. The van der Waals surface area contributed by atoms with Crippen LogP contribution in [0.25, 0.3) is 11.3 Å². The first-order chi connectivity index (χ1) is 21.5. The number of nitrogens with zero attached hydrogens (tertiary/aromatic N) is 5. The smallest absolute Gasteiger partial charge is 0.251 e. The number of methoxy groups -OCH3 is 1. The van der Waals surface area contributed by atoms with Crippen LogP contribution in [0.1, 0.15) is 33.5 Å². The highest BCUT2D eigenvalue weighted by molar-refractivity contribution is 6.31. The summed E-state index contributed by atoms with van der Waals surface area (Å²) >= 11 is 6.47. The Morgan fingerprint density at radius 2 is 1.77 bits per heavy atom. The summed E-state index contributed by atoms with van der Waals surface area (Å²) in [5.41, 5.74) is 6.56. The van der Waals surface area contributed by atoms with Gasteiger partial charge in [0.15, 0.2) is 0 Å². The molecule has 10 heteroatoms. The largest absolute Gasteiger partial charge is 0.496 e. The van der Waals surface area contributed by atoms with Crippen molar-refractivity contribution >= 4 is 34.9 Å². The predicted molar refractivity (Wildman–Crippen MR) is 175 cm³/mol. The van der Waals surface area contributed by atoms with Crippen molar-refractivity contribution in [3.8, 4) is 17.0 Å². The van der Waals surface area contributed by atoms with Crippen molar-refractivity contribution in [2.45, 2.75) is 13.0 Å². The predicted octanol–water partition coefficient (Wildman–Crippen LogP) is 5.27. The Bertz CT molecular complexity index is 1670. The van der Waals surface area contributed by atoms with Gasteiger partial charge in [-0.1, -0.05) is 29.8 Å². The summed E-state index contributed by atoms with van der Waals surface area (Å²) in [6, 6.07) is 20.9. The molecule has 0 radical (unpaired) electrons. The van der Waals surface area contributed by atoms with Crippen LogP contribution in [-0.4, -0.2) is 84.8 Å². The summed E-state index contributed by atoms with van der Waals surface area (Å²) in [4.78, 5) is 31.9. The van der Waals surface area contributed by atoms with Crippen LogP contribution in [0.5, 0.6) is 5.75 Å². The van der Waals surface area contributed by atoms with Crippen LogP contribution in [-0.2, 0) is 6.54 Å². The van der Waals surface area contributed by atoms with Crippen molar-refractivity contribution in [1.82, 2.24) is 25.1 Å². The molecule has 2 aliphatic rings. The van der Waals surface area contributed by atoms with E-state index >= 15 is 0 Å². The van der Waals surface area contributed by atoms with Crippen molar-refractivity contribution in [2.24, 2.45) is 4.99 Å². The molecule has 3 aromatic carbocycles. The molecule has 1 fully saturated rings. The minimum absolute atomic E-state index is 0.0719. The van der Waals surface area contributed by atoms with Crippen LogP contribution >= 0.6 is 11.6 Å². The van der Waals surface area contributed by atoms with E-state index in [2.05, 4.69) is 32.5 Å². The van der Waals surface area contributed by atoms with Crippen LogP contribution in [0.3, 0.4) is 0 Å². The summed E-state index contributed by atoms with van der Waals surface area (Å²) in [5, 5.41) is 6.94. The van der Waals surface area contributed by atoms with Crippen LogP contribution in [0.2, 0.25) is 5.02 Å². The lowest BCUT2D eigenvalue weighted by Crippen LogP contribution is -2.45. The number of benzene rings is 3. The molecule has 0 aliphatic carbocycles. The second-order valence-corrected chi connectivity index (χ2v) is 11.5. The molecule has 4 aromatic rings. The molecule has 1 aromatic heterocycles. The van der Waals surface area contributed by atoms with Gasteiger partial charge < -0.3 is 25.2 Å². The molecular weight excluding hydrogens is 574 g/mol. The summed E-state index contributed by atoms with van der Waals surface area (Å²) in [6.45, 7) is 6.45. The van der Waals surface area contributed by atoms with Crippen LogP contribution in [0.15, 0.2) is 77.9 Å². The van der Waals surface area contributed by atoms with Crippen molar-refractivity contribution in [3.05, 3.63) is 100 Å². The Labute approximate surface area is 263 Å². The Kier molecular flexibility index (Phi) is 9.16. The molecule has 0 atom stereocenters. The molecule has 44 heavy (non-hydrogen) atoms. The average Bonchev–Trinajstić information content (AvgIpc) is 3.20. The van der Waals surface area contributed by atoms with Gasteiger partial charge in [0.2, 0.25) is 5.95 Å². The Balaban J connectivity index is 1.14. The van der Waals surface area contributed by atoms with E-state index in [0.717, 1.165) is 84.2 Å². The van der Waals surface area contributed by atoms with Crippen LogP contribution < -0.4 is 15.4 Å². The lowest BCUT2D eigenvalue weighted by atomic mass is 9.95. The second kappa shape index (κ2) is 13.5. The van der Waals surface area contributed by atoms with E-state index in [0.29, 0.717) is 29.6 Å². The number of hydrogen-bond acceptors (Lipinski definition) is 8. The number of aromatic nitrogens is 2. The van der Waals surface area contributed by atoms with Crippen molar-refractivity contribution in [1.29, 1.82) is 0 Å². The molecular formula is C34H36ClN7O2. The Morgan fingerprint density at radius 1 is 0.977 bits per heavy atom. The second-order valence-electron chi connectivity index (χ2n) is 11.1. The fraction of sp³-hybridized carbons (Fsp3) is 0.294. The fourth-order valence-electron chi connectivity index (χ4n) is 5.57. The van der Waals surface area contributed by atoms with E-state index in [4.69, 9.17) is 26.3 Å². The molecule has 3 heterocycles. The number of aliphatic imine (C=N–C) groups is 1. The third kappa shape index (κ3) is 6.75. The zero-order valence-corrected chi connectivity index (χ0v) is 25.8. The number of ether oxygens (including phenoxy) is 1. The first-order valence-corrected chi connectivity index (χ1v) is 15.3. The van der Waals surface area contributed by atoms with E-state index in [9.17, 15) is 4.79 Å². The number of para-hydroxylation sites is 1. The molecule has 0 bridgehead atoms. The first kappa shape index (κ1) is 29.7. The average molecular weight is 610 g/mol. The minimum Gasteiger partial charge on any atom is -0.496 e. The molecule has 0 spiro atoms. The van der Waals surface area contributed by atoms with Gasteiger partial charge in [-0.3, -0.25) is 9.79 Å². The van der Waals surface area contributed by atoms with Gasteiger partial charge in [-0.15, -0.1) is 0 Å². The van der Waals surface area contributed by atoms with E-state index in [1.807, 2.05) is 72.9 Å². The van der Waals surface area contributed by atoms with Crippen LogP contribution in [0.4, 0.5) is 11.6 Å². The fourth-order valence-corrected chi connectivity index (χ4v) is 5.74. The van der Waals surface area contributed by atoms with Crippen molar-refractivity contribution in [3.63, 3.8) is 0 Å². The number of halogens is 1. The van der Waals surface area contributed by atoms with Crippen molar-refractivity contribution in [2.75, 3.05) is 58.7 Å². The highest BCUT2D eigenvalue weighted by Crippen LogP contribution is 2.35. The number of carbonyl (C=O) groups is 1. The molecule has 2 N–H and O–H groups in total. The number of hydrogen-bond donors (Lipinski definition) is 2. The maximum Gasteiger partial charge on any atom is 0.251 e. The number of piperazine rings is 1. The topological polar surface area (TPSA) is 95.0 Å². The standard InChI is InChI=1S/C34H36ClN7O2/c1-41-16-18-42(19-17-41)15-5-14-36-33(43)23-8-11-26(12-9-23)39-34-38-22-24-21-37-32(28-6-3-4-7-30(28)44-2)29-20-25(35)10-13-27(29)31(24)40-34/h3-4,6-13,20,22H,5,14-19,21H2,1-2H3,(H,36,43)(H,38,39,40). The van der Waals surface area contributed by atoms with Gasteiger partial charge in [-0.25, -0.2) is 9.97 Å². The van der Waals surface area contributed by atoms with Gasteiger partial charge in [0, 0.05) is 77.4 Å². The minimum atomic E-state index is -0.0719. The SMILES string of the molecule is COc1ccccc1C1=NCc2cnc(Nc3ccc(C(=O)NCCCN4CCN(C)CC4)cc3)nc2-c2ccc(Cl)cc21. The number of anilines is 2. The van der Waals surface area contributed by atoms with Gasteiger partial charge >= 0.3 is 0 Å². The molecule has 6 rings (SSSR count). The quantitative estimate of drug-likeness (QED) is 0.250. The van der Waals surface area contributed by atoms with E-state index < -0.39 is 0 Å². The molecule has 0 saturated carbocycles. The van der Waals surface area contributed by atoms with E-state index in [1.54, 1.807) is 7.11 Å². The zero-order chi connectivity index (χ0) is 30.5. The maximum atomic E-state index is 12.7. The monoisotopic (exact) mass is 609 g/mol. The number of amides is 1. The third-order valence-corrected chi connectivity index (χ3v) is 8.30. The highest BCUT2D eigenvalue weighted by Gasteiger charge is 2.23. The van der Waals surface area contributed by atoms with Gasteiger partial charge in [0.25, 0.3) is 5.91 Å². The van der Waals surface area contributed by atoms with Gasteiger partial charge in [-0.2, -0.15) is 0 Å². The summed E-state index contributed by atoms with van der Waals surface area (Å²) in [6.07, 6.45) is 2.74. The lowest BCUT2D eigenvalue weighted by Gasteiger charge is -2.32. The number of rotatable bonds is 9. The molecule has 226 valence electrons. The van der Waals surface area contributed by atoms with Gasteiger partial charge in [-0.05, 0) is 68.5 Å². The third-order valence-electron chi connectivity index (χ3n) is 8.06. The van der Waals surface area contributed by atoms with Crippen molar-refractivity contribution < 1.29 is 9.53 Å². The summed E-state index contributed by atoms with van der Waals surface area (Å²) in [7, 11) is 3.81. The molecule has 2 aliphatic heterocycles. The lowest BCUT2D eigenvalue weighted by molar-refractivity contribution is 0.0949. The Hall–Kier alpha value is -4.31. The number of fused-ring (bicyclic) bond motifs is 3. The normalized spacial score (nSPS) is 15.0.